The Kier molecular flexibility index (Phi) is 3.18. The van der Waals surface area contributed by atoms with Crippen LogP contribution in [0.1, 0.15) is 11.3 Å². The van der Waals surface area contributed by atoms with E-state index in [1.807, 2.05) is 6.07 Å². The van der Waals surface area contributed by atoms with E-state index in [0.717, 1.165) is 15.7 Å². The first kappa shape index (κ1) is 8.85. The molecule has 52 valence electrons. The Labute approximate surface area is 77.6 Å². The van der Waals surface area contributed by atoms with E-state index in [-0.39, 0.29) is 0 Å². The van der Waals surface area contributed by atoms with Gasteiger partial charge in [0.2, 0.25) is 0 Å². The third-order valence-electron chi connectivity index (χ3n) is 1.44. The molecule has 1 aromatic rings. The van der Waals surface area contributed by atoms with Crippen LogP contribution in [0, 0.1) is 0 Å². The van der Waals surface area contributed by atoms with Gasteiger partial charge in [-0.3, -0.25) is 4.98 Å². The van der Waals surface area contributed by atoms with E-state index in [1.165, 1.54) is 0 Å². The Morgan fingerprint density at radius 3 is 2.64 bits per heavy atom. The SMILES string of the molecule is [B]Cc1cc(Br)cnc1C[B]. The molecule has 11 heavy (non-hydrogen) atoms. The standard InChI is InChI=1S/C7H6B2BrN/c8-2-5-1-6(10)4-11-7(5)3-9/h1,4H,2-3H2. The van der Waals surface area contributed by atoms with Gasteiger partial charge in [-0.25, -0.2) is 0 Å². The summed E-state index contributed by atoms with van der Waals surface area (Å²) in [5.41, 5.74) is 1.87. The first-order valence-corrected chi connectivity index (χ1v) is 4.10. The third kappa shape index (κ3) is 2.09. The molecule has 0 fully saturated rings. The number of pyridine rings is 1. The molecule has 1 heterocycles. The Balaban J connectivity index is 3.06. The van der Waals surface area contributed by atoms with Crippen molar-refractivity contribution < 1.29 is 0 Å². The summed E-state index contributed by atoms with van der Waals surface area (Å²) in [6, 6.07) is 1.94. The number of halogens is 1. The van der Waals surface area contributed by atoms with E-state index >= 15 is 0 Å². The highest BCUT2D eigenvalue weighted by Gasteiger charge is 1.99. The minimum atomic E-state index is 0.444. The van der Waals surface area contributed by atoms with Crippen LogP contribution in [0.2, 0.25) is 0 Å². The molecule has 1 nitrogen and oxygen atoms in total. The summed E-state index contributed by atoms with van der Waals surface area (Å²) in [5, 5.41) is 0. The summed E-state index contributed by atoms with van der Waals surface area (Å²) in [5.74, 6) is 0. The summed E-state index contributed by atoms with van der Waals surface area (Å²) >= 11 is 3.31. The molecule has 0 bridgehead atoms. The lowest BCUT2D eigenvalue weighted by molar-refractivity contribution is 1.10. The predicted molar refractivity (Wildman–Crippen MR) is 50.9 cm³/mol. The van der Waals surface area contributed by atoms with Crippen molar-refractivity contribution in [3.63, 3.8) is 0 Å². The molecule has 0 amide bonds. The maximum Gasteiger partial charge on any atom is 0.0738 e. The maximum absolute atomic E-state index is 5.48. The molecule has 0 saturated carbocycles. The molecule has 0 spiro atoms. The first-order valence-electron chi connectivity index (χ1n) is 3.31. The van der Waals surface area contributed by atoms with Gasteiger partial charge in [0, 0.05) is 16.4 Å². The molecular formula is C7H6B2BrN. The zero-order valence-electron chi connectivity index (χ0n) is 6.05. The highest BCUT2D eigenvalue weighted by molar-refractivity contribution is 9.10. The van der Waals surface area contributed by atoms with Gasteiger partial charge in [-0.05, 0) is 33.9 Å². The largest absolute Gasteiger partial charge is 0.261 e. The lowest BCUT2D eigenvalue weighted by Gasteiger charge is -2.03. The predicted octanol–water partition coefficient (Wildman–Crippen LogP) is 1.18. The minimum Gasteiger partial charge on any atom is -0.261 e. The molecule has 1 rings (SSSR count). The molecule has 1 aromatic heterocycles. The Hall–Kier alpha value is -0.240. The van der Waals surface area contributed by atoms with Crippen molar-refractivity contribution in [2.45, 2.75) is 12.6 Å². The third-order valence-corrected chi connectivity index (χ3v) is 1.87. The molecule has 0 N–H and O–H groups in total. The molecule has 0 aliphatic heterocycles. The van der Waals surface area contributed by atoms with Crippen molar-refractivity contribution in [1.82, 2.24) is 4.98 Å². The van der Waals surface area contributed by atoms with Crippen LogP contribution in [-0.4, -0.2) is 20.7 Å². The summed E-state index contributed by atoms with van der Waals surface area (Å²) in [4.78, 5) is 4.12. The molecule has 0 saturated heterocycles. The number of nitrogens with zero attached hydrogens (tertiary/aromatic N) is 1. The fourth-order valence-corrected chi connectivity index (χ4v) is 1.25. The normalized spacial score (nSPS) is 9.91. The molecule has 0 aliphatic rings. The maximum atomic E-state index is 5.48. The molecule has 4 heteroatoms. The molecule has 0 atom stereocenters. The summed E-state index contributed by atoms with van der Waals surface area (Å²) < 4.78 is 0.940. The van der Waals surface area contributed by atoms with Crippen molar-refractivity contribution in [3.05, 3.63) is 28.0 Å². The van der Waals surface area contributed by atoms with E-state index < -0.39 is 0 Å². The molecule has 0 aromatic carbocycles. The first-order chi connectivity index (χ1) is 5.27. The van der Waals surface area contributed by atoms with E-state index in [9.17, 15) is 0 Å². The highest BCUT2D eigenvalue weighted by Crippen LogP contribution is 2.13. The second-order valence-corrected chi connectivity index (χ2v) is 3.08. The van der Waals surface area contributed by atoms with Crippen molar-refractivity contribution >= 4 is 31.6 Å². The molecule has 0 aliphatic carbocycles. The van der Waals surface area contributed by atoms with Crippen molar-refractivity contribution in [1.29, 1.82) is 0 Å². The topological polar surface area (TPSA) is 12.9 Å². The number of aromatic nitrogens is 1. The lowest BCUT2D eigenvalue weighted by Crippen LogP contribution is -1.97. The fraction of sp³-hybridized carbons (Fsp3) is 0.286. The average Bonchev–Trinajstić information content (AvgIpc) is 2.04. The molecule has 0 unspecified atom stereocenters. The van der Waals surface area contributed by atoms with E-state index in [2.05, 4.69) is 20.9 Å². The van der Waals surface area contributed by atoms with Crippen LogP contribution in [0.15, 0.2) is 16.7 Å². The van der Waals surface area contributed by atoms with Crippen molar-refractivity contribution in [3.8, 4) is 0 Å². The van der Waals surface area contributed by atoms with Gasteiger partial charge in [0.05, 0.1) is 15.7 Å². The molecular weight excluding hydrogens is 200 g/mol. The summed E-state index contributed by atoms with van der Waals surface area (Å²) in [6.07, 6.45) is 2.65. The van der Waals surface area contributed by atoms with Gasteiger partial charge in [0.15, 0.2) is 0 Å². The lowest BCUT2D eigenvalue weighted by atomic mass is 9.90. The van der Waals surface area contributed by atoms with E-state index in [0.29, 0.717) is 12.6 Å². The Morgan fingerprint density at radius 1 is 1.36 bits per heavy atom. The molecule has 4 radical (unpaired) electrons. The summed E-state index contributed by atoms with van der Waals surface area (Å²) in [6.45, 7) is 0. The van der Waals surface area contributed by atoms with E-state index in [1.54, 1.807) is 6.20 Å². The Morgan fingerprint density at radius 2 is 2.09 bits per heavy atom. The summed E-state index contributed by atoms with van der Waals surface area (Å²) in [7, 11) is 10.9. The van der Waals surface area contributed by atoms with Gasteiger partial charge < -0.3 is 0 Å². The van der Waals surface area contributed by atoms with Gasteiger partial charge in [-0.2, -0.15) is 0 Å². The van der Waals surface area contributed by atoms with E-state index in [4.69, 9.17) is 15.7 Å². The van der Waals surface area contributed by atoms with Crippen LogP contribution in [0.5, 0.6) is 0 Å². The minimum absolute atomic E-state index is 0.444. The van der Waals surface area contributed by atoms with Gasteiger partial charge in [-0.1, -0.05) is 6.32 Å². The van der Waals surface area contributed by atoms with Gasteiger partial charge in [0.1, 0.15) is 0 Å². The number of hydrogen-bond donors (Lipinski definition) is 0. The highest BCUT2D eigenvalue weighted by atomic mass is 79.9. The van der Waals surface area contributed by atoms with Gasteiger partial charge in [-0.15, -0.1) is 0 Å². The van der Waals surface area contributed by atoms with Crippen molar-refractivity contribution in [2.75, 3.05) is 0 Å². The zero-order chi connectivity index (χ0) is 8.27. The van der Waals surface area contributed by atoms with Crippen LogP contribution in [0.3, 0.4) is 0 Å². The second kappa shape index (κ2) is 3.96. The monoisotopic (exact) mass is 205 g/mol. The number of rotatable bonds is 2. The van der Waals surface area contributed by atoms with Crippen LogP contribution in [0.4, 0.5) is 0 Å². The second-order valence-electron chi connectivity index (χ2n) is 2.17. The van der Waals surface area contributed by atoms with Gasteiger partial charge >= 0.3 is 0 Å². The van der Waals surface area contributed by atoms with Crippen molar-refractivity contribution in [2.24, 2.45) is 0 Å². The fourth-order valence-electron chi connectivity index (χ4n) is 0.870. The van der Waals surface area contributed by atoms with Crippen LogP contribution < -0.4 is 0 Å². The number of hydrogen-bond acceptors (Lipinski definition) is 1. The Bertz CT molecular complexity index is 252. The van der Waals surface area contributed by atoms with Gasteiger partial charge in [0.25, 0.3) is 0 Å². The smallest absolute Gasteiger partial charge is 0.0738 e. The van der Waals surface area contributed by atoms with Crippen LogP contribution in [-0.2, 0) is 12.6 Å². The average molecular weight is 206 g/mol. The zero-order valence-corrected chi connectivity index (χ0v) is 7.63. The van der Waals surface area contributed by atoms with Crippen LogP contribution >= 0.6 is 15.9 Å². The quantitative estimate of drug-likeness (QED) is 0.661. The van der Waals surface area contributed by atoms with Crippen LogP contribution in [0.25, 0.3) is 0 Å².